The number of nitro groups is 1. The van der Waals surface area contributed by atoms with Crippen LogP contribution in [0.4, 0.5) is 5.69 Å². The summed E-state index contributed by atoms with van der Waals surface area (Å²) < 4.78 is 11.6. The number of non-ortho nitro benzene ring substituents is 1. The zero-order valence-corrected chi connectivity index (χ0v) is 10.8. The van der Waals surface area contributed by atoms with Gasteiger partial charge >= 0.3 is 0 Å². The molecule has 0 atom stereocenters. The largest absolute Gasteiger partial charge is 0.493 e. The minimum absolute atomic E-state index is 0.118. The van der Waals surface area contributed by atoms with Gasteiger partial charge in [0.1, 0.15) is 12.7 Å². The van der Waals surface area contributed by atoms with E-state index in [2.05, 4.69) is 15.3 Å². The summed E-state index contributed by atoms with van der Waals surface area (Å²) in [7, 11) is 2.85. The van der Waals surface area contributed by atoms with Crippen molar-refractivity contribution in [1.82, 2.24) is 14.9 Å². The zero-order chi connectivity index (χ0) is 14.5. The molecule has 0 fully saturated rings. The Kier molecular flexibility index (Phi) is 3.89. The van der Waals surface area contributed by atoms with E-state index in [1.807, 2.05) is 0 Å². The first-order valence-corrected chi connectivity index (χ1v) is 5.45. The molecule has 0 bridgehead atoms. The summed E-state index contributed by atoms with van der Waals surface area (Å²) in [6.45, 7) is 0. The van der Waals surface area contributed by atoms with Crippen molar-refractivity contribution in [1.29, 1.82) is 0 Å². The van der Waals surface area contributed by atoms with Crippen LogP contribution < -0.4 is 9.47 Å². The Balaban J connectivity index is 2.48. The monoisotopic (exact) mass is 277 g/mol. The topological polar surface area (TPSA) is 105 Å². The van der Waals surface area contributed by atoms with Crippen molar-refractivity contribution >= 4 is 11.9 Å². The summed E-state index contributed by atoms with van der Waals surface area (Å²) in [6.07, 6.45) is 4.17. The molecule has 0 aliphatic carbocycles. The van der Waals surface area contributed by atoms with Gasteiger partial charge in [-0.3, -0.25) is 10.1 Å². The lowest BCUT2D eigenvalue weighted by Gasteiger charge is -2.09. The van der Waals surface area contributed by atoms with Crippen molar-refractivity contribution in [3.63, 3.8) is 0 Å². The van der Waals surface area contributed by atoms with Crippen molar-refractivity contribution in [3.05, 3.63) is 40.5 Å². The van der Waals surface area contributed by atoms with Crippen molar-refractivity contribution < 1.29 is 14.4 Å². The predicted molar refractivity (Wildman–Crippen MR) is 69.2 cm³/mol. The lowest BCUT2D eigenvalue weighted by molar-refractivity contribution is -0.385. The Morgan fingerprint density at radius 1 is 1.30 bits per heavy atom. The number of ether oxygens (including phenoxy) is 2. The molecule has 0 saturated heterocycles. The van der Waals surface area contributed by atoms with Gasteiger partial charge in [-0.2, -0.15) is 5.10 Å². The van der Waals surface area contributed by atoms with Gasteiger partial charge in [-0.15, -0.1) is 10.2 Å². The molecule has 9 nitrogen and oxygen atoms in total. The zero-order valence-electron chi connectivity index (χ0n) is 10.8. The Bertz CT molecular complexity index is 639. The molecule has 9 heteroatoms. The van der Waals surface area contributed by atoms with Gasteiger partial charge in [0.05, 0.1) is 31.4 Å². The summed E-state index contributed by atoms with van der Waals surface area (Å²) >= 11 is 0. The van der Waals surface area contributed by atoms with Crippen LogP contribution >= 0.6 is 0 Å². The molecule has 20 heavy (non-hydrogen) atoms. The third-order valence-electron chi connectivity index (χ3n) is 2.44. The van der Waals surface area contributed by atoms with Gasteiger partial charge in [-0.05, 0) is 0 Å². The molecule has 0 aliphatic rings. The summed E-state index contributed by atoms with van der Waals surface area (Å²) in [5.74, 6) is 0.613. The van der Waals surface area contributed by atoms with Crippen LogP contribution in [0.15, 0.2) is 29.9 Å². The second kappa shape index (κ2) is 5.78. The molecule has 0 spiro atoms. The van der Waals surface area contributed by atoms with Gasteiger partial charge in [-0.1, -0.05) is 0 Å². The summed E-state index contributed by atoms with van der Waals surface area (Å²) in [5, 5.41) is 22.1. The first kappa shape index (κ1) is 13.5. The lowest BCUT2D eigenvalue weighted by Crippen LogP contribution is -1.99. The van der Waals surface area contributed by atoms with Gasteiger partial charge in [-0.25, -0.2) is 4.68 Å². The summed E-state index contributed by atoms with van der Waals surface area (Å²) in [4.78, 5) is 10.4. The van der Waals surface area contributed by atoms with Crippen LogP contribution in [0.1, 0.15) is 5.56 Å². The molecular weight excluding hydrogens is 266 g/mol. The second-order valence-corrected chi connectivity index (χ2v) is 3.61. The summed E-state index contributed by atoms with van der Waals surface area (Å²) in [6, 6.07) is 2.63. The van der Waals surface area contributed by atoms with Crippen molar-refractivity contribution in [2.24, 2.45) is 5.10 Å². The molecule has 104 valence electrons. The lowest BCUT2D eigenvalue weighted by atomic mass is 10.1. The number of aromatic nitrogens is 3. The Hall–Kier alpha value is -2.97. The number of nitrogens with zero attached hydrogens (tertiary/aromatic N) is 5. The van der Waals surface area contributed by atoms with Gasteiger partial charge in [0, 0.05) is 11.6 Å². The molecule has 1 heterocycles. The number of hydrogen-bond donors (Lipinski definition) is 0. The quantitative estimate of drug-likeness (QED) is 0.460. The van der Waals surface area contributed by atoms with E-state index in [1.165, 1.54) is 49.9 Å². The number of nitro benzene ring substituents is 1. The average Bonchev–Trinajstić information content (AvgIpc) is 2.96. The van der Waals surface area contributed by atoms with E-state index in [0.29, 0.717) is 11.3 Å². The molecule has 0 N–H and O–H groups in total. The van der Waals surface area contributed by atoms with Crippen molar-refractivity contribution in [2.75, 3.05) is 14.2 Å². The molecule has 2 rings (SSSR count). The maximum Gasteiger partial charge on any atom is 0.274 e. The average molecular weight is 277 g/mol. The highest BCUT2D eigenvalue weighted by Gasteiger charge is 2.17. The highest BCUT2D eigenvalue weighted by atomic mass is 16.6. The van der Waals surface area contributed by atoms with Gasteiger partial charge in [0.15, 0.2) is 11.5 Å². The van der Waals surface area contributed by atoms with Crippen LogP contribution in [0.5, 0.6) is 11.5 Å². The number of benzene rings is 1. The first-order chi connectivity index (χ1) is 9.65. The highest BCUT2D eigenvalue weighted by Crippen LogP contribution is 2.34. The molecule has 0 aliphatic heterocycles. The van der Waals surface area contributed by atoms with E-state index in [-0.39, 0.29) is 11.4 Å². The molecular formula is C11H11N5O4. The van der Waals surface area contributed by atoms with Crippen LogP contribution in [0, 0.1) is 10.1 Å². The van der Waals surface area contributed by atoms with E-state index in [4.69, 9.17) is 9.47 Å². The molecule has 0 amide bonds. The fourth-order valence-electron chi connectivity index (χ4n) is 1.56. The Morgan fingerprint density at radius 3 is 2.55 bits per heavy atom. The van der Waals surface area contributed by atoms with E-state index >= 15 is 0 Å². The summed E-state index contributed by atoms with van der Waals surface area (Å²) in [5.41, 5.74) is 0.292. The van der Waals surface area contributed by atoms with Gasteiger partial charge in [0.25, 0.3) is 5.69 Å². The molecule has 0 radical (unpaired) electrons. The second-order valence-electron chi connectivity index (χ2n) is 3.61. The van der Waals surface area contributed by atoms with E-state index in [1.54, 1.807) is 0 Å². The maximum atomic E-state index is 10.9. The molecule has 0 unspecified atom stereocenters. The first-order valence-electron chi connectivity index (χ1n) is 5.45. The van der Waals surface area contributed by atoms with E-state index < -0.39 is 4.92 Å². The minimum atomic E-state index is -0.516. The minimum Gasteiger partial charge on any atom is -0.493 e. The van der Waals surface area contributed by atoms with Crippen LogP contribution in [-0.2, 0) is 0 Å². The fraction of sp³-hybridized carbons (Fsp3) is 0.182. The highest BCUT2D eigenvalue weighted by molar-refractivity contribution is 5.86. The normalized spacial score (nSPS) is 10.7. The Morgan fingerprint density at radius 2 is 2.00 bits per heavy atom. The van der Waals surface area contributed by atoms with Crippen molar-refractivity contribution in [3.8, 4) is 11.5 Å². The maximum absolute atomic E-state index is 10.9. The van der Waals surface area contributed by atoms with Gasteiger partial charge < -0.3 is 9.47 Å². The van der Waals surface area contributed by atoms with Crippen LogP contribution in [0.3, 0.4) is 0 Å². The SMILES string of the molecule is COc1cc([N+](=O)[O-])cc(C=Nn2cnnc2)c1OC. The number of hydrogen-bond acceptors (Lipinski definition) is 7. The van der Waals surface area contributed by atoms with E-state index in [9.17, 15) is 10.1 Å². The molecule has 0 saturated carbocycles. The predicted octanol–water partition coefficient (Wildman–Crippen LogP) is 1.09. The van der Waals surface area contributed by atoms with E-state index in [0.717, 1.165) is 0 Å². The Labute approximate surface area is 113 Å². The fourth-order valence-corrected chi connectivity index (χ4v) is 1.56. The number of rotatable bonds is 5. The third kappa shape index (κ3) is 2.71. The molecule has 2 aromatic rings. The van der Waals surface area contributed by atoms with Crippen molar-refractivity contribution in [2.45, 2.75) is 0 Å². The number of methoxy groups -OCH3 is 2. The van der Waals surface area contributed by atoms with Gasteiger partial charge in [0.2, 0.25) is 0 Å². The molecule has 1 aromatic carbocycles. The van der Waals surface area contributed by atoms with Crippen LogP contribution in [0.2, 0.25) is 0 Å². The van der Waals surface area contributed by atoms with Crippen LogP contribution in [-0.4, -0.2) is 40.2 Å². The smallest absolute Gasteiger partial charge is 0.274 e. The standard InChI is InChI=1S/C11H11N5O4/c1-19-10-4-9(16(17)18)3-8(11(10)20-2)5-14-15-6-12-13-7-15/h3-7H,1-2H3. The molecule has 1 aromatic heterocycles. The van der Waals surface area contributed by atoms with Crippen LogP contribution in [0.25, 0.3) is 0 Å². The third-order valence-corrected chi connectivity index (χ3v) is 2.44.